The molecule has 0 aliphatic heterocycles. The van der Waals surface area contributed by atoms with Crippen LogP contribution >= 0.6 is 11.3 Å². The van der Waals surface area contributed by atoms with Crippen LogP contribution in [0.15, 0.2) is 39.5 Å². The number of rotatable bonds is 6. The number of H-pyrrole nitrogens is 2. The molecule has 1 atom stereocenters. The molecular formula is C15H18N4O3S2. The lowest BCUT2D eigenvalue weighted by molar-refractivity contribution is 0.470. The zero-order valence-corrected chi connectivity index (χ0v) is 14.9. The van der Waals surface area contributed by atoms with Crippen molar-refractivity contribution in [2.45, 2.75) is 31.2 Å². The summed E-state index contributed by atoms with van der Waals surface area (Å²) in [6.07, 6.45) is 2.31. The molecule has 0 spiro atoms. The first-order valence-electron chi connectivity index (χ1n) is 7.49. The molecule has 0 saturated carbocycles. The molecule has 1 aromatic carbocycles. The zero-order valence-electron chi connectivity index (χ0n) is 13.2. The van der Waals surface area contributed by atoms with E-state index in [2.05, 4.69) is 19.7 Å². The highest BCUT2D eigenvalue weighted by molar-refractivity contribution is 7.89. The summed E-state index contributed by atoms with van der Waals surface area (Å²) < 4.78 is 28.2. The molecule has 2 aromatic heterocycles. The summed E-state index contributed by atoms with van der Waals surface area (Å²) in [6, 6.07) is 4.12. The Hall–Kier alpha value is -1.97. The minimum absolute atomic E-state index is 0.107. The summed E-state index contributed by atoms with van der Waals surface area (Å²) in [5, 5.41) is 2.57. The number of aromatic amines is 2. The highest BCUT2D eigenvalue weighted by Crippen LogP contribution is 2.26. The average molecular weight is 366 g/mol. The maximum atomic E-state index is 12.7. The number of nitrogens with one attached hydrogen (secondary N) is 3. The molecule has 0 saturated heterocycles. The maximum absolute atomic E-state index is 12.7. The summed E-state index contributed by atoms with van der Waals surface area (Å²) >= 11 is 1.42. The van der Waals surface area contributed by atoms with Crippen LogP contribution < -0.4 is 10.4 Å². The number of benzene rings is 1. The van der Waals surface area contributed by atoms with Crippen LogP contribution in [0.2, 0.25) is 0 Å². The fourth-order valence-corrected chi connectivity index (χ4v) is 4.53. The Morgan fingerprint density at radius 1 is 1.25 bits per heavy atom. The van der Waals surface area contributed by atoms with Gasteiger partial charge in [0.1, 0.15) is 5.01 Å². The van der Waals surface area contributed by atoms with Crippen LogP contribution in [0.4, 0.5) is 0 Å². The number of sulfonamides is 1. The molecule has 1 unspecified atom stereocenters. The monoisotopic (exact) mass is 366 g/mol. The first-order chi connectivity index (χ1) is 11.3. The molecule has 7 nitrogen and oxygen atoms in total. The van der Waals surface area contributed by atoms with E-state index in [-0.39, 0.29) is 16.6 Å². The van der Waals surface area contributed by atoms with E-state index in [0.717, 1.165) is 5.01 Å². The van der Waals surface area contributed by atoms with Crippen LogP contribution in [0.5, 0.6) is 0 Å². The number of imidazole rings is 1. The first kappa shape index (κ1) is 16.9. The van der Waals surface area contributed by atoms with Crippen molar-refractivity contribution >= 4 is 32.4 Å². The van der Waals surface area contributed by atoms with Crippen LogP contribution in [-0.2, 0) is 10.0 Å². The van der Waals surface area contributed by atoms with Crippen molar-refractivity contribution in [1.82, 2.24) is 19.7 Å². The molecule has 3 aromatic rings. The normalized spacial score (nSPS) is 13.6. The van der Waals surface area contributed by atoms with Gasteiger partial charge in [-0.3, -0.25) is 0 Å². The number of fused-ring (bicyclic) bond motifs is 1. The number of aromatic nitrogens is 3. The van der Waals surface area contributed by atoms with Gasteiger partial charge in [0.05, 0.1) is 22.0 Å². The maximum Gasteiger partial charge on any atom is 0.323 e. The van der Waals surface area contributed by atoms with Crippen molar-refractivity contribution in [3.8, 4) is 0 Å². The fourth-order valence-electron chi connectivity index (χ4n) is 2.51. The molecule has 128 valence electrons. The summed E-state index contributed by atoms with van der Waals surface area (Å²) in [5.74, 6) is 0.310. The van der Waals surface area contributed by atoms with Crippen molar-refractivity contribution in [3.63, 3.8) is 0 Å². The quantitative estimate of drug-likeness (QED) is 0.622. The van der Waals surface area contributed by atoms with E-state index in [1.807, 2.05) is 19.2 Å². The van der Waals surface area contributed by atoms with Gasteiger partial charge in [0, 0.05) is 11.6 Å². The first-order valence-corrected chi connectivity index (χ1v) is 9.85. The van der Waals surface area contributed by atoms with Crippen molar-refractivity contribution in [3.05, 3.63) is 45.3 Å². The minimum Gasteiger partial charge on any atom is -0.306 e. The van der Waals surface area contributed by atoms with E-state index < -0.39 is 10.0 Å². The summed E-state index contributed by atoms with van der Waals surface area (Å²) in [4.78, 5) is 20.8. The molecule has 3 N–H and O–H groups in total. The van der Waals surface area contributed by atoms with Gasteiger partial charge >= 0.3 is 5.69 Å². The van der Waals surface area contributed by atoms with Gasteiger partial charge in [-0.2, -0.15) is 0 Å². The highest BCUT2D eigenvalue weighted by atomic mass is 32.2. The molecule has 0 radical (unpaired) electrons. The average Bonchev–Trinajstić information content (AvgIpc) is 3.13. The predicted octanol–water partition coefficient (Wildman–Crippen LogP) is 2.38. The summed E-state index contributed by atoms with van der Waals surface area (Å²) in [5.41, 5.74) is 0.656. The van der Waals surface area contributed by atoms with Gasteiger partial charge in [0.25, 0.3) is 0 Å². The van der Waals surface area contributed by atoms with Gasteiger partial charge < -0.3 is 9.97 Å². The van der Waals surface area contributed by atoms with E-state index in [9.17, 15) is 13.2 Å². The van der Waals surface area contributed by atoms with Crippen LogP contribution in [0.1, 0.15) is 31.3 Å². The molecule has 0 fully saturated rings. The molecule has 0 bridgehead atoms. The topological polar surface area (TPSA) is 108 Å². The Bertz CT molecular complexity index is 987. The van der Waals surface area contributed by atoms with Gasteiger partial charge in [0.15, 0.2) is 0 Å². The van der Waals surface area contributed by atoms with E-state index in [0.29, 0.717) is 23.4 Å². The molecule has 9 heteroatoms. The third-order valence-electron chi connectivity index (χ3n) is 3.55. The molecule has 3 rings (SSSR count). The Morgan fingerprint density at radius 2 is 2.00 bits per heavy atom. The molecule has 0 aliphatic carbocycles. The SMILES string of the molecule is CC(C)CC(NS(=O)(=O)c1ccc2[nH]c(=O)[nH]c2c1)c1nccs1. The second-order valence-corrected chi connectivity index (χ2v) is 8.60. The van der Waals surface area contributed by atoms with Crippen molar-refractivity contribution in [2.24, 2.45) is 5.92 Å². The molecule has 0 aliphatic rings. The third kappa shape index (κ3) is 3.58. The Balaban J connectivity index is 1.93. The van der Waals surface area contributed by atoms with E-state index in [4.69, 9.17) is 0 Å². The van der Waals surface area contributed by atoms with Crippen LogP contribution in [0.3, 0.4) is 0 Å². The number of hydrogen-bond acceptors (Lipinski definition) is 5. The minimum atomic E-state index is -3.73. The van der Waals surface area contributed by atoms with Crippen LogP contribution in [-0.4, -0.2) is 23.4 Å². The van der Waals surface area contributed by atoms with Crippen LogP contribution in [0.25, 0.3) is 11.0 Å². The van der Waals surface area contributed by atoms with Crippen LogP contribution in [0, 0.1) is 5.92 Å². The third-order valence-corrected chi connectivity index (χ3v) is 5.91. The van der Waals surface area contributed by atoms with Crippen molar-refractivity contribution in [1.29, 1.82) is 0 Å². The van der Waals surface area contributed by atoms with Gasteiger partial charge in [-0.1, -0.05) is 13.8 Å². The smallest absolute Gasteiger partial charge is 0.306 e. The number of thiazole rings is 1. The lowest BCUT2D eigenvalue weighted by Crippen LogP contribution is -2.29. The summed E-state index contributed by atoms with van der Waals surface area (Å²) in [6.45, 7) is 4.07. The van der Waals surface area contributed by atoms with E-state index >= 15 is 0 Å². The standard InChI is InChI=1S/C15H18N4O3S2/c1-9(2)7-13(14-16-5-6-23-14)19-24(21,22)10-3-4-11-12(8-10)18-15(20)17-11/h3-6,8-9,13,19H,7H2,1-2H3,(H2,17,18,20). The number of nitrogens with zero attached hydrogens (tertiary/aromatic N) is 1. The van der Waals surface area contributed by atoms with Gasteiger partial charge in [0.2, 0.25) is 10.0 Å². The largest absolute Gasteiger partial charge is 0.323 e. The molecule has 0 amide bonds. The Kier molecular flexibility index (Phi) is 4.57. The van der Waals surface area contributed by atoms with E-state index in [1.54, 1.807) is 12.3 Å². The van der Waals surface area contributed by atoms with Crippen molar-refractivity contribution in [2.75, 3.05) is 0 Å². The highest BCUT2D eigenvalue weighted by Gasteiger charge is 2.24. The Labute approximate surface area is 143 Å². The number of hydrogen-bond donors (Lipinski definition) is 3. The zero-order chi connectivity index (χ0) is 17.3. The summed E-state index contributed by atoms with van der Waals surface area (Å²) in [7, 11) is -3.73. The molecule has 2 heterocycles. The second kappa shape index (κ2) is 6.50. The molecular weight excluding hydrogens is 348 g/mol. The Morgan fingerprint density at radius 3 is 2.67 bits per heavy atom. The van der Waals surface area contributed by atoms with Gasteiger partial charge in [-0.05, 0) is 30.5 Å². The van der Waals surface area contributed by atoms with Crippen molar-refractivity contribution < 1.29 is 8.42 Å². The predicted molar refractivity (Wildman–Crippen MR) is 93.6 cm³/mol. The van der Waals surface area contributed by atoms with Gasteiger partial charge in [-0.25, -0.2) is 22.9 Å². The lowest BCUT2D eigenvalue weighted by atomic mass is 10.1. The lowest BCUT2D eigenvalue weighted by Gasteiger charge is -2.18. The second-order valence-electron chi connectivity index (χ2n) is 5.96. The molecule has 24 heavy (non-hydrogen) atoms. The van der Waals surface area contributed by atoms with E-state index in [1.165, 1.54) is 23.5 Å². The van der Waals surface area contributed by atoms with Gasteiger partial charge in [-0.15, -0.1) is 11.3 Å². The fraction of sp³-hybridized carbons (Fsp3) is 0.333.